The summed E-state index contributed by atoms with van der Waals surface area (Å²) in [4.78, 5) is 40.3. The van der Waals surface area contributed by atoms with Gasteiger partial charge in [-0.3, -0.25) is 19.3 Å². The maximum absolute atomic E-state index is 13.0. The van der Waals surface area contributed by atoms with Crippen LogP contribution in [0.25, 0.3) is 0 Å². The number of hydrogen-bond acceptors (Lipinski definition) is 3. The number of carbonyl (C=O) groups is 3. The minimum atomic E-state index is -0.184. The van der Waals surface area contributed by atoms with Gasteiger partial charge in [-0.15, -0.1) is 0 Å². The van der Waals surface area contributed by atoms with Crippen LogP contribution in [0.5, 0.6) is 0 Å². The van der Waals surface area contributed by atoms with Gasteiger partial charge in [0.05, 0.1) is 17.5 Å². The third-order valence-corrected chi connectivity index (χ3v) is 7.55. The SMILES string of the molecule is CCc1cccc(CC)c1NC(=O)c1ccc(N2C(=O)[C@@H]3[C@H]4CC[C@@H](C4)[C@@H]3C2=O)cc1. The van der Waals surface area contributed by atoms with Crippen molar-refractivity contribution in [2.75, 3.05) is 10.2 Å². The maximum atomic E-state index is 13.0. The fourth-order valence-corrected chi connectivity index (χ4v) is 6.01. The van der Waals surface area contributed by atoms with Gasteiger partial charge in [-0.05, 0) is 79.3 Å². The molecule has 0 radical (unpaired) electrons. The highest BCUT2D eigenvalue weighted by molar-refractivity contribution is 6.22. The average Bonchev–Trinajstić information content (AvgIpc) is 3.47. The van der Waals surface area contributed by atoms with Gasteiger partial charge in [-0.25, -0.2) is 0 Å². The van der Waals surface area contributed by atoms with E-state index in [1.54, 1.807) is 24.3 Å². The molecule has 0 unspecified atom stereocenters. The first-order chi connectivity index (χ1) is 15.0. The van der Waals surface area contributed by atoms with Crippen molar-refractivity contribution in [3.63, 3.8) is 0 Å². The second-order valence-electron chi connectivity index (χ2n) is 9.06. The van der Waals surface area contributed by atoms with Crippen molar-refractivity contribution in [2.45, 2.75) is 46.0 Å². The number of imide groups is 1. The summed E-state index contributed by atoms with van der Waals surface area (Å²) in [6, 6.07) is 12.9. The molecule has 5 rings (SSSR count). The van der Waals surface area contributed by atoms with Crippen molar-refractivity contribution >= 4 is 29.1 Å². The van der Waals surface area contributed by atoms with Gasteiger partial charge in [0.25, 0.3) is 5.91 Å². The third-order valence-electron chi connectivity index (χ3n) is 7.55. The van der Waals surface area contributed by atoms with E-state index in [0.717, 1.165) is 48.9 Å². The van der Waals surface area contributed by atoms with Crippen molar-refractivity contribution in [3.8, 4) is 0 Å². The van der Waals surface area contributed by atoms with Gasteiger partial charge in [0.1, 0.15) is 0 Å². The van der Waals surface area contributed by atoms with Gasteiger partial charge in [0, 0.05) is 11.3 Å². The number of rotatable bonds is 5. The highest BCUT2D eigenvalue weighted by atomic mass is 16.2. The van der Waals surface area contributed by atoms with Crippen LogP contribution in [-0.2, 0) is 22.4 Å². The van der Waals surface area contributed by atoms with E-state index in [1.807, 2.05) is 18.2 Å². The number of para-hydroxylation sites is 1. The molecule has 0 aromatic heterocycles. The van der Waals surface area contributed by atoms with Crippen LogP contribution in [-0.4, -0.2) is 17.7 Å². The zero-order valence-electron chi connectivity index (χ0n) is 18.1. The number of carbonyl (C=O) groups excluding carboxylic acids is 3. The Hall–Kier alpha value is -2.95. The molecule has 160 valence electrons. The molecule has 31 heavy (non-hydrogen) atoms. The summed E-state index contributed by atoms with van der Waals surface area (Å²) >= 11 is 0. The van der Waals surface area contributed by atoms with E-state index < -0.39 is 0 Å². The zero-order valence-corrected chi connectivity index (χ0v) is 18.1. The summed E-state index contributed by atoms with van der Waals surface area (Å²) in [5.41, 5.74) is 4.19. The summed E-state index contributed by atoms with van der Waals surface area (Å²) in [5, 5.41) is 3.07. The average molecular weight is 417 g/mol. The standard InChI is InChI=1S/C26H28N2O3/c1-3-15-6-5-7-16(4-2)23(15)27-24(29)17-10-12-20(13-11-17)28-25(30)21-18-8-9-19(14-18)22(21)26(28)31/h5-7,10-13,18-19,21-22H,3-4,8-9,14H2,1-2H3,(H,27,29)/t18-,19-,21-,22+/m0/s1. The van der Waals surface area contributed by atoms with Gasteiger partial charge in [-0.2, -0.15) is 0 Å². The van der Waals surface area contributed by atoms with Crippen molar-refractivity contribution in [3.05, 3.63) is 59.2 Å². The van der Waals surface area contributed by atoms with Gasteiger partial charge in [0.2, 0.25) is 11.8 Å². The van der Waals surface area contributed by atoms with E-state index in [4.69, 9.17) is 0 Å². The molecule has 3 aliphatic rings. The molecular formula is C26H28N2O3. The summed E-state index contributed by atoms with van der Waals surface area (Å²) in [5.74, 6) is 0.184. The number of amides is 3. The first-order valence-corrected chi connectivity index (χ1v) is 11.4. The van der Waals surface area contributed by atoms with E-state index in [-0.39, 0.29) is 29.6 Å². The Labute approximate surface area is 182 Å². The van der Waals surface area contributed by atoms with Crippen LogP contribution in [0.1, 0.15) is 54.6 Å². The van der Waals surface area contributed by atoms with Crippen LogP contribution in [0, 0.1) is 23.7 Å². The number of aryl methyl sites for hydroxylation is 2. The quantitative estimate of drug-likeness (QED) is 0.725. The molecule has 3 amide bonds. The lowest BCUT2D eigenvalue weighted by molar-refractivity contribution is -0.123. The van der Waals surface area contributed by atoms with Gasteiger partial charge in [-0.1, -0.05) is 32.0 Å². The number of nitrogens with zero attached hydrogens (tertiary/aromatic N) is 1. The fraction of sp³-hybridized carbons (Fsp3) is 0.423. The molecule has 1 saturated heterocycles. The number of fused-ring (bicyclic) bond motifs is 5. The largest absolute Gasteiger partial charge is 0.321 e. The molecule has 1 N–H and O–H groups in total. The lowest BCUT2D eigenvalue weighted by Crippen LogP contribution is -2.32. The van der Waals surface area contributed by atoms with Gasteiger partial charge in [0.15, 0.2) is 0 Å². The van der Waals surface area contributed by atoms with Crippen molar-refractivity contribution in [1.29, 1.82) is 0 Å². The lowest BCUT2D eigenvalue weighted by atomic mass is 9.81. The van der Waals surface area contributed by atoms with Crippen LogP contribution < -0.4 is 10.2 Å². The molecule has 3 fully saturated rings. The third kappa shape index (κ3) is 3.10. The Balaban J connectivity index is 1.36. The Morgan fingerprint density at radius 1 is 0.903 bits per heavy atom. The highest BCUT2D eigenvalue weighted by Crippen LogP contribution is 2.56. The molecule has 5 heteroatoms. The molecule has 2 aromatic carbocycles. The molecule has 1 heterocycles. The monoisotopic (exact) mass is 416 g/mol. The zero-order chi connectivity index (χ0) is 21.7. The van der Waals surface area contributed by atoms with Crippen LogP contribution in [0.4, 0.5) is 11.4 Å². The van der Waals surface area contributed by atoms with Crippen molar-refractivity contribution in [2.24, 2.45) is 23.7 Å². The lowest BCUT2D eigenvalue weighted by Gasteiger charge is -2.19. The van der Waals surface area contributed by atoms with E-state index in [2.05, 4.69) is 19.2 Å². The molecule has 2 saturated carbocycles. The van der Waals surface area contributed by atoms with Crippen LogP contribution in [0.15, 0.2) is 42.5 Å². The first-order valence-electron chi connectivity index (χ1n) is 11.4. The first kappa shape index (κ1) is 20.0. The molecule has 1 aliphatic heterocycles. The molecule has 2 aliphatic carbocycles. The van der Waals surface area contributed by atoms with E-state index in [9.17, 15) is 14.4 Å². The van der Waals surface area contributed by atoms with Crippen molar-refractivity contribution < 1.29 is 14.4 Å². The number of hydrogen-bond donors (Lipinski definition) is 1. The van der Waals surface area contributed by atoms with Crippen LogP contribution in [0.2, 0.25) is 0 Å². The Kier molecular flexibility index (Phi) is 4.92. The molecule has 5 nitrogen and oxygen atoms in total. The van der Waals surface area contributed by atoms with Crippen molar-refractivity contribution in [1.82, 2.24) is 0 Å². The number of benzene rings is 2. The highest BCUT2D eigenvalue weighted by Gasteiger charge is 2.61. The topological polar surface area (TPSA) is 66.5 Å². The van der Waals surface area contributed by atoms with Crippen LogP contribution >= 0.6 is 0 Å². The molecule has 2 bridgehead atoms. The normalized spacial score (nSPS) is 26.5. The smallest absolute Gasteiger partial charge is 0.255 e. The second kappa shape index (κ2) is 7.63. The van der Waals surface area contributed by atoms with Crippen LogP contribution in [0.3, 0.4) is 0 Å². The predicted octanol–water partition coefficient (Wildman–Crippen LogP) is 4.60. The molecule has 2 aromatic rings. The van der Waals surface area contributed by atoms with Gasteiger partial charge < -0.3 is 5.32 Å². The Bertz CT molecular complexity index is 1010. The second-order valence-corrected chi connectivity index (χ2v) is 9.06. The minimum Gasteiger partial charge on any atom is -0.321 e. The summed E-state index contributed by atoms with van der Waals surface area (Å²) in [7, 11) is 0. The summed E-state index contributed by atoms with van der Waals surface area (Å²) in [6.07, 6.45) is 4.84. The number of anilines is 2. The minimum absolute atomic E-state index is 0.0520. The molecule has 4 atom stereocenters. The molecule has 0 spiro atoms. The Morgan fingerprint density at radius 3 is 1.97 bits per heavy atom. The van der Waals surface area contributed by atoms with Gasteiger partial charge >= 0.3 is 0 Å². The van der Waals surface area contributed by atoms with E-state index in [0.29, 0.717) is 23.1 Å². The van der Waals surface area contributed by atoms with E-state index in [1.165, 1.54) is 4.90 Å². The summed E-state index contributed by atoms with van der Waals surface area (Å²) < 4.78 is 0. The Morgan fingerprint density at radius 2 is 1.45 bits per heavy atom. The summed E-state index contributed by atoms with van der Waals surface area (Å²) in [6.45, 7) is 4.15. The predicted molar refractivity (Wildman–Crippen MR) is 120 cm³/mol. The fourth-order valence-electron chi connectivity index (χ4n) is 6.01. The van der Waals surface area contributed by atoms with E-state index >= 15 is 0 Å². The maximum Gasteiger partial charge on any atom is 0.255 e. The number of nitrogens with one attached hydrogen (secondary N) is 1. The molecular weight excluding hydrogens is 388 g/mol.